The van der Waals surface area contributed by atoms with E-state index in [1.165, 1.54) is 32.4 Å². The normalized spacial score (nSPS) is 11.4. The summed E-state index contributed by atoms with van der Waals surface area (Å²) in [6.45, 7) is 0.999. The highest BCUT2D eigenvalue weighted by molar-refractivity contribution is 7.89. The fourth-order valence-corrected chi connectivity index (χ4v) is 3.05. The third-order valence-corrected chi connectivity index (χ3v) is 4.63. The van der Waals surface area contributed by atoms with Crippen molar-refractivity contribution in [2.45, 2.75) is 11.3 Å². The Kier molecular flexibility index (Phi) is 7.96. The number of hydrogen-bond acceptors (Lipinski definition) is 6. The molecule has 0 saturated carbocycles. The molecule has 0 unspecified atom stereocenters. The van der Waals surface area contributed by atoms with Crippen LogP contribution in [-0.2, 0) is 14.8 Å². The first-order valence-corrected chi connectivity index (χ1v) is 8.91. The summed E-state index contributed by atoms with van der Waals surface area (Å²) in [5.41, 5.74) is 0. The maximum Gasteiger partial charge on any atom is 0.244 e. The molecule has 0 aliphatic rings. The number of hydrogen-bond donors (Lipinski definition) is 2. The summed E-state index contributed by atoms with van der Waals surface area (Å²) in [5, 5.41) is 2.67. The van der Waals surface area contributed by atoms with Gasteiger partial charge in [-0.3, -0.25) is 4.79 Å². The van der Waals surface area contributed by atoms with E-state index in [9.17, 15) is 13.2 Å². The molecule has 0 saturated heterocycles. The van der Waals surface area contributed by atoms with Crippen LogP contribution in [0.2, 0.25) is 0 Å². The molecule has 1 rings (SSSR count). The predicted molar refractivity (Wildman–Crippen MR) is 90.9 cm³/mol. The number of nitrogens with one attached hydrogen (secondary N) is 2. The lowest BCUT2D eigenvalue weighted by molar-refractivity contribution is -0.119. The topological polar surface area (TPSA) is 97.0 Å². The maximum atomic E-state index is 12.3. The van der Waals surface area contributed by atoms with Crippen LogP contribution < -0.4 is 19.5 Å². The van der Waals surface area contributed by atoms with Gasteiger partial charge >= 0.3 is 0 Å². The maximum absolute atomic E-state index is 12.3. The van der Waals surface area contributed by atoms with Gasteiger partial charge in [0, 0.05) is 12.6 Å². The monoisotopic (exact) mass is 359 g/mol. The lowest BCUT2D eigenvalue weighted by Gasteiger charge is -2.12. The van der Waals surface area contributed by atoms with Gasteiger partial charge in [0.15, 0.2) is 0 Å². The van der Waals surface area contributed by atoms with E-state index >= 15 is 0 Å². The van der Waals surface area contributed by atoms with Gasteiger partial charge in [0.25, 0.3) is 0 Å². The van der Waals surface area contributed by atoms with Crippen LogP contribution in [0, 0.1) is 0 Å². The predicted octanol–water partition coefficient (Wildman–Crippen LogP) is 0.0500. The lowest BCUT2D eigenvalue weighted by atomic mass is 10.3. The van der Waals surface area contributed by atoms with E-state index < -0.39 is 10.0 Å². The van der Waals surface area contributed by atoms with E-state index in [2.05, 4.69) is 10.0 Å². The van der Waals surface area contributed by atoms with E-state index in [1.54, 1.807) is 0 Å². The fourth-order valence-electron chi connectivity index (χ4n) is 1.92. The second kappa shape index (κ2) is 9.45. The molecular weight excluding hydrogens is 334 g/mol. The van der Waals surface area contributed by atoms with Crippen molar-refractivity contribution in [1.82, 2.24) is 14.9 Å². The average Bonchev–Trinajstić information content (AvgIpc) is 2.56. The number of benzene rings is 1. The Morgan fingerprint density at radius 3 is 2.50 bits per heavy atom. The number of rotatable bonds is 10. The summed E-state index contributed by atoms with van der Waals surface area (Å²) in [7, 11) is 2.86. The molecule has 9 heteroatoms. The number of sulfonamides is 1. The third-order valence-electron chi connectivity index (χ3n) is 3.19. The summed E-state index contributed by atoms with van der Waals surface area (Å²) >= 11 is 0. The minimum Gasteiger partial charge on any atom is -0.497 e. The molecule has 0 bridgehead atoms. The number of carbonyl (C=O) groups is 1. The zero-order valence-electron chi connectivity index (χ0n) is 14.5. The van der Waals surface area contributed by atoms with Gasteiger partial charge in [0.2, 0.25) is 15.9 Å². The van der Waals surface area contributed by atoms with Crippen molar-refractivity contribution in [3.63, 3.8) is 0 Å². The highest BCUT2D eigenvalue weighted by atomic mass is 32.2. The molecule has 1 aromatic rings. The van der Waals surface area contributed by atoms with Crippen LogP contribution in [0.1, 0.15) is 6.42 Å². The van der Waals surface area contributed by atoms with Crippen molar-refractivity contribution >= 4 is 15.9 Å². The van der Waals surface area contributed by atoms with Gasteiger partial charge in [-0.25, -0.2) is 13.1 Å². The molecule has 0 heterocycles. The van der Waals surface area contributed by atoms with E-state index in [0.717, 1.165) is 13.0 Å². The fraction of sp³-hybridized carbons (Fsp3) is 0.533. The largest absolute Gasteiger partial charge is 0.497 e. The molecule has 0 spiro atoms. The molecule has 0 aromatic heterocycles. The number of methoxy groups -OCH3 is 2. The van der Waals surface area contributed by atoms with Gasteiger partial charge in [-0.15, -0.1) is 0 Å². The van der Waals surface area contributed by atoms with Crippen LogP contribution in [0.4, 0.5) is 0 Å². The Morgan fingerprint density at radius 2 is 1.92 bits per heavy atom. The van der Waals surface area contributed by atoms with Crippen LogP contribution >= 0.6 is 0 Å². The number of nitrogens with zero attached hydrogens (tertiary/aromatic N) is 1. The Morgan fingerprint density at radius 1 is 1.21 bits per heavy atom. The van der Waals surface area contributed by atoms with E-state index in [0.29, 0.717) is 12.3 Å². The van der Waals surface area contributed by atoms with Crippen LogP contribution in [0.15, 0.2) is 23.1 Å². The zero-order chi connectivity index (χ0) is 18.2. The van der Waals surface area contributed by atoms with Gasteiger partial charge in [0.05, 0.1) is 20.8 Å². The van der Waals surface area contributed by atoms with Gasteiger partial charge in [-0.2, -0.15) is 0 Å². The second-order valence-electron chi connectivity index (χ2n) is 5.35. The molecule has 0 fully saturated rings. The molecule has 24 heavy (non-hydrogen) atoms. The highest BCUT2D eigenvalue weighted by Crippen LogP contribution is 2.27. The van der Waals surface area contributed by atoms with Crippen LogP contribution in [0.5, 0.6) is 11.5 Å². The SMILES string of the molecule is COc1ccc(S(=O)(=O)NCC(=O)NCCCN(C)C)c(OC)c1. The van der Waals surface area contributed by atoms with E-state index in [4.69, 9.17) is 9.47 Å². The number of carbonyl (C=O) groups excluding carboxylic acids is 1. The van der Waals surface area contributed by atoms with Crippen molar-refractivity contribution in [1.29, 1.82) is 0 Å². The summed E-state index contributed by atoms with van der Waals surface area (Å²) in [6.07, 6.45) is 0.789. The van der Waals surface area contributed by atoms with E-state index in [1.807, 2.05) is 19.0 Å². The van der Waals surface area contributed by atoms with Crippen molar-refractivity contribution < 1.29 is 22.7 Å². The molecule has 8 nitrogen and oxygen atoms in total. The third kappa shape index (κ3) is 6.34. The molecule has 0 atom stereocenters. The summed E-state index contributed by atoms with van der Waals surface area (Å²) in [4.78, 5) is 13.7. The van der Waals surface area contributed by atoms with Gasteiger partial charge in [-0.05, 0) is 39.2 Å². The van der Waals surface area contributed by atoms with Crippen LogP contribution in [0.3, 0.4) is 0 Å². The van der Waals surface area contributed by atoms with Crippen molar-refractivity contribution in [2.24, 2.45) is 0 Å². The first-order chi connectivity index (χ1) is 11.3. The lowest BCUT2D eigenvalue weighted by Crippen LogP contribution is -2.37. The quantitative estimate of drug-likeness (QED) is 0.573. The molecule has 0 radical (unpaired) electrons. The summed E-state index contributed by atoms with van der Waals surface area (Å²) < 4.78 is 37.0. The molecule has 1 amide bonds. The van der Waals surface area contributed by atoms with Crippen molar-refractivity contribution in [2.75, 3.05) is 47.9 Å². The standard InChI is InChI=1S/C15H25N3O5S/c1-18(2)9-5-8-16-15(19)11-17-24(20,21)14-7-6-12(22-3)10-13(14)23-4/h6-7,10,17H,5,8-9,11H2,1-4H3,(H,16,19). The molecule has 136 valence electrons. The Labute approximate surface area is 143 Å². The molecular formula is C15H25N3O5S. The van der Waals surface area contributed by atoms with Gasteiger partial charge < -0.3 is 19.7 Å². The zero-order valence-corrected chi connectivity index (χ0v) is 15.3. The second-order valence-corrected chi connectivity index (χ2v) is 7.08. The molecule has 2 N–H and O–H groups in total. The van der Waals surface area contributed by atoms with Crippen LogP contribution in [-0.4, -0.2) is 67.2 Å². The van der Waals surface area contributed by atoms with Crippen molar-refractivity contribution in [3.8, 4) is 11.5 Å². The molecule has 0 aliphatic heterocycles. The van der Waals surface area contributed by atoms with Crippen LogP contribution in [0.25, 0.3) is 0 Å². The first-order valence-electron chi connectivity index (χ1n) is 7.43. The van der Waals surface area contributed by atoms with E-state index in [-0.39, 0.29) is 23.1 Å². The first kappa shape index (κ1) is 20.2. The van der Waals surface area contributed by atoms with Crippen molar-refractivity contribution in [3.05, 3.63) is 18.2 Å². The minimum absolute atomic E-state index is 0.0498. The minimum atomic E-state index is -3.87. The summed E-state index contributed by atoms with van der Waals surface area (Å²) in [6, 6.07) is 4.35. The van der Waals surface area contributed by atoms with Gasteiger partial charge in [0.1, 0.15) is 16.4 Å². The smallest absolute Gasteiger partial charge is 0.244 e. The Hall–Kier alpha value is -1.84. The number of amides is 1. The average molecular weight is 359 g/mol. The Bertz CT molecular complexity index is 647. The van der Waals surface area contributed by atoms with Gasteiger partial charge in [-0.1, -0.05) is 0 Å². The highest BCUT2D eigenvalue weighted by Gasteiger charge is 2.20. The number of ether oxygens (including phenoxy) is 2. The molecule has 0 aliphatic carbocycles. The molecule has 1 aromatic carbocycles. The Balaban J connectivity index is 2.62. The summed E-state index contributed by atoms with van der Waals surface area (Å²) in [5.74, 6) is 0.238.